The molecule has 0 radical (unpaired) electrons. The second-order valence-corrected chi connectivity index (χ2v) is 9.19. The number of aromatic carboxylic acids is 2. The van der Waals surface area contributed by atoms with Crippen LogP contribution in [-0.2, 0) is 0 Å². The summed E-state index contributed by atoms with van der Waals surface area (Å²) in [5.74, 6) is -3.94. The van der Waals surface area contributed by atoms with Gasteiger partial charge >= 0.3 is 11.9 Å². The summed E-state index contributed by atoms with van der Waals surface area (Å²) in [6.07, 6.45) is 0. The van der Waals surface area contributed by atoms with Crippen LogP contribution in [0.4, 0.5) is 0 Å². The summed E-state index contributed by atoms with van der Waals surface area (Å²) in [4.78, 5) is 36.2. The number of aromatic hydroxyl groups is 1. The van der Waals surface area contributed by atoms with E-state index in [-0.39, 0.29) is 60.9 Å². The summed E-state index contributed by atoms with van der Waals surface area (Å²) in [6.45, 7) is 0. The first kappa shape index (κ1) is 27.2. The van der Waals surface area contributed by atoms with Crippen LogP contribution in [0.2, 0.25) is 30.1 Å². The third-order valence-electron chi connectivity index (χ3n) is 4.93. The third kappa shape index (κ3) is 4.16. The SMILES string of the molecule is C.O=C(O)c1cc(Cl)c(-c2c3cc(Cl)c(=O)c(Cl)c-3oc3c(Cl)c(O)c(Cl)cc23)c(C(=O)O)c1Cl. The van der Waals surface area contributed by atoms with Gasteiger partial charge in [-0.1, -0.05) is 77.0 Å². The van der Waals surface area contributed by atoms with Crippen LogP contribution in [0.15, 0.2) is 27.4 Å². The average Bonchev–Trinajstić information content (AvgIpc) is 2.76. The maximum absolute atomic E-state index is 12.4. The molecule has 2 aromatic carbocycles. The van der Waals surface area contributed by atoms with Crippen molar-refractivity contribution in [3.05, 3.63) is 69.7 Å². The molecule has 2 aliphatic rings. The van der Waals surface area contributed by atoms with Gasteiger partial charge in [0.15, 0.2) is 17.1 Å². The highest BCUT2D eigenvalue weighted by Gasteiger charge is 2.32. The van der Waals surface area contributed by atoms with Gasteiger partial charge in [0, 0.05) is 22.1 Å². The minimum Gasteiger partial charge on any atom is -0.505 e. The molecule has 0 spiro atoms. The van der Waals surface area contributed by atoms with Gasteiger partial charge in [0.2, 0.25) is 5.43 Å². The highest BCUT2D eigenvalue weighted by atomic mass is 35.5. The molecule has 0 atom stereocenters. The van der Waals surface area contributed by atoms with Crippen molar-refractivity contribution in [2.45, 2.75) is 7.43 Å². The minimum absolute atomic E-state index is 0. The fourth-order valence-electron chi connectivity index (χ4n) is 3.49. The first-order valence-corrected chi connectivity index (χ1v) is 11.1. The maximum Gasteiger partial charge on any atom is 0.337 e. The lowest BCUT2D eigenvalue weighted by molar-refractivity contribution is 0.0696. The highest BCUT2D eigenvalue weighted by Crippen LogP contribution is 2.51. The van der Waals surface area contributed by atoms with Gasteiger partial charge in [0.1, 0.15) is 10.0 Å². The lowest BCUT2D eigenvalue weighted by Gasteiger charge is -2.21. The van der Waals surface area contributed by atoms with E-state index in [9.17, 15) is 29.7 Å². The largest absolute Gasteiger partial charge is 0.505 e. The summed E-state index contributed by atoms with van der Waals surface area (Å²) >= 11 is 37.1. The van der Waals surface area contributed by atoms with Crippen molar-refractivity contribution in [2.75, 3.05) is 0 Å². The van der Waals surface area contributed by atoms with Gasteiger partial charge in [-0.15, -0.1) is 0 Å². The molecule has 13 heteroatoms. The quantitative estimate of drug-likeness (QED) is 0.203. The van der Waals surface area contributed by atoms with E-state index < -0.39 is 44.3 Å². The Morgan fingerprint density at radius 2 is 1.40 bits per heavy atom. The van der Waals surface area contributed by atoms with Gasteiger partial charge in [0.25, 0.3) is 0 Å². The van der Waals surface area contributed by atoms with Crippen LogP contribution >= 0.6 is 69.6 Å². The van der Waals surface area contributed by atoms with E-state index in [1.54, 1.807) is 0 Å². The Morgan fingerprint density at radius 1 is 0.771 bits per heavy atom. The molecule has 0 saturated heterocycles. The highest BCUT2D eigenvalue weighted by molar-refractivity contribution is 6.44. The smallest absolute Gasteiger partial charge is 0.337 e. The Labute approximate surface area is 226 Å². The predicted octanol–water partition coefficient (Wildman–Crippen LogP) is 8.22. The third-order valence-corrected chi connectivity index (χ3v) is 6.89. The predicted molar refractivity (Wildman–Crippen MR) is 137 cm³/mol. The zero-order chi connectivity index (χ0) is 25.2. The molecule has 0 bridgehead atoms. The number of benzene rings is 3. The van der Waals surface area contributed by atoms with Gasteiger partial charge in [-0.2, -0.15) is 0 Å². The standard InChI is InChI=1S/C21H6Cl6O7.CH4/c22-7-3-6(20(30)31)13(25)12(21(32)33)11(7)10-4-1-8(23)16(28)14(26)18(4)34-19-5(10)2-9(24)17(29)15(19)27;/h1-3,28H,(H,30,31)(H,32,33);1H4. The number of carboxylic acid groups (broad SMARTS) is 2. The van der Waals surface area contributed by atoms with Crippen LogP contribution in [0.5, 0.6) is 5.75 Å². The molecule has 2 aromatic rings. The van der Waals surface area contributed by atoms with Crippen molar-refractivity contribution in [1.82, 2.24) is 0 Å². The van der Waals surface area contributed by atoms with E-state index in [2.05, 4.69) is 0 Å². The minimum atomic E-state index is -1.61. The van der Waals surface area contributed by atoms with E-state index in [0.29, 0.717) is 0 Å². The fraction of sp³-hybridized carbons (Fsp3) is 0.0455. The van der Waals surface area contributed by atoms with E-state index in [1.165, 1.54) is 12.1 Å². The number of fused-ring (bicyclic) bond motifs is 2. The summed E-state index contributed by atoms with van der Waals surface area (Å²) in [6, 6.07) is 3.34. The van der Waals surface area contributed by atoms with Crippen LogP contribution in [0.25, 0.3) is 33.4 Å². The molecule has 0 unspecified atom stereocenters. The van der Waals surface area contributed by atoms with E-state index in [0.717, 1.165) is 6.07 Å². The van der Waals surface area contributed by atoms with Crippen LogP contribution in [0, 0.1) is 0 Å². The van der Waals surface area contributed by atoms with Gasteiger partial charge in [-0.3, -0.25) is 4.79 Å². The van der Waals surface area contributed by atoms with Gasteiger partial charge in [0.05, 0.1) is 31.2 Å². The average molecular weight is 599 g/mol. The van der Waals surface area contributed by atoms with Crippen molar-refractivity contribution in [3.8, 4) is 28.2 Å². The summed E-state index contributed by atoms with van der Waals surface area (Å²) in [5, 5.41) is 27.3. The number of hydrogen-bond acceptors (Lipinski definition) is 5. The Kier molecular flexibility index (Phi) is 7.44. The van der Waals surface area contributed by atoms with Crippen LogP contribution < -0.4 is 5.43 Å². The summed E-state index contributed by atoms with van der Waals surface area (Å²) < 4.78 is 5.72. The molecule has 0 fully saturated rings. The normalized spacial score (nSPS) is 11.0. The number of carbonyl (C=O) groups is 2. The van der Waals surface area contributed by atoms with Crippen molar-refractivity contribution in [3.63, 3.8) is 0 Å². The topological polar surface area (TPSA) is 125 Å². The van der Waals surface area contributed by atoms with Gasteiger partial charge in [-0.25, -0.2) is 9.59 Å². The molecule has 7 nitrogen and oxygen atoms in total. The Balaban J connectivity index is 0.00000342. The van der Waals surface area contributed by atoms with Crippen molar-refractivity contribution in [1.29, 1.82) is 0 Å². The number of phenolic OH excluding ortho intramolecular Hbond substituents is 1. The number of halogens is 6. The number of hydrogen-bond donors (Lipinski definition) is 3. The first-order valence-electron chi connectivity index (χ1n) is 8.81. The molecule has 0 saturated carbocycles. The Hall–Kier alpha value is -2.39. The van der Waals surface area contributed by atoms with Gasteiger partial charge < -0.3 is 19.7 Å². The van der Waals surface area contributed by atoms with E-state index in [4.69, 9.17) is 74.0 Å². The molecular formula is C22H10Cl6O7. The molecule has 0 amide bonds. The molecule has 1 heterocycles. The molecule has 3 N–H and O–H groups in total. The van der Waals surface area contributed by atoms with E-state index >= 15 is 0 Å². The first-order chi connectivity index (χ1) is 15.9. The molecule has 35 heavy (non-hydrogen) atoms. The molecular weight excluding hydrogens is 589 g/mol. The zero-order valence-corrected chi connectivity index (χ0v) is 20.5. The lowest BCUT2D eigenvalue weighted by Crippen LogP contribution is -2.10. The number of carboxylic acids is 2. The molecule has 0 aromatic heterocycles. The van der Waals surface area contributed by atoms with Crippen molar-refractivity contribution in [2.24, 2.45) is 0 Å². The molecule has 182 valence electrons. The lowest BCUT2D eigenvalue weighted by atomic mass is 9.89. The van der Waals surface area contributed by atoms with E-state index in [1.807, 2.05) is 0 Å². The van der Waals surface area contributed by atoms with Crippen LogP contribution in [0.1, 0.15) is 28.1 Å². The van der Waals surface area contributed by atoms with Crippen molar-refractivity contribution < 1.29 is 29.3 Å². The second kappa shape index (κ2) is 9.58. The molecule has 1 aliphatic heterocycles. The van der Waals surface area contributed by atoms with Crippen LogP contribution in [-0.4, -0.2) is 27.3 Å². The number of phenols is 1. The zero-order valence-electron chi connectivity index (χ0n) is 16.0. The fourth-order valence-corrected chi connectivity index (χ4v) is 5.09. The Bertz CT molecular complexity index is 1610. The van der Waals surface area contributed by atoms with Crippen molar-refractivity contribution >= 4 is 92.5 Å². The van der Waals surface area contributed by atoms with Crippen LogP contribution in [0.3, 0.4) is 0 Å². The summed E-state index contributed by atoms with van der Waals surface area (Å²) in [7, 11) is 0. The number of rotatable bonds is 3. The second-order valence-electron chi connectivity index (χ2n) is 6.83. The molecule has 4 rings (SSSR count). The maximum atomic E-state index is 12.4. The molecule has 1 aliphatic carbocycles. The monoisotopic (exact) mass is 596 g/mol. The Morgan fingerprint density at radius 3 is 1.97 bits per heavy atom. The van der Waals surface area contributed by atoms with Gasteiger partial charge in [-0.05, 0) is 18.2 Å². The summed E-state index contributed by atoms with van der Waals surface area (Å²) in [5.41, 5.74) is -2.51.